The lowest BCUT2D eigenvalue weighted by molar-refractivity contribution is -0.153. The number of carboxylic acid groups (broad SMARTS) is 1. The molecule has 0 aromatic carbocycles. The van der Waals surface area contributed by atoms with Gasteiger partial charge in [0, 0.05) is 19.0 Å². The van der Waals surface area contributed by atoms with E-state index in [1.807, 2.05) is 4.90 Å². The third kappa shape index (κ3) is 2.77. The second kappa shape index (κ2) is 4.80. The van der Waals surface area contributed by atoms with Crippen LogP contribution in [-0.4, -0.2) is 34.5 Å². The molecule has 0 bridgehead atoms. The molecule has 3 rings (SSSR count). The van der Waals surface area contributed by atoms with Gasteiger partial charge in [0.2, 0.25) is 5.91 Å². The largest absolute Gasteiger partial charge is 0.481 e. The van der Waals surface area contributed by atoms with Gasteiger partial charge in [-0.1, -0.05) is 12.8 Å². The van der Waals surface area contributed by atoms with Crippen molar-refractivity contribution in [3.8, 4) is 0 Å². The summed E-state index contributed by atoms with van der Waals surface area (Å²) in [7, 11) is 0. The fourth-order valence-electron chi connectivity index (χ4n) is 3.33. The van der Waals surface area contributed by atoms with Gasteiger partial charge in [0.05, 0.1) is 5.41 Å². The van der Waals surface area contributed by atoms with Crippen molar-refractivity contribution < 1.29 is 14.7 Å². The maximum Gasteiger partial charge on any atom is 0.310 e. The summed E-state index contributed by atoms with van der Waals surface area (Å²) in [6.07, 6.45) is 8.17. The summed E-state index contributed by atoms with van der Waals surface area (Å²) in [4.78, 5) is 26.0. The number of hydrogen-bond donors (Lipinski definition) is 1. The second-order valence-corrected chi connectivity index (χ2v) is 6.69. The third-order valence-corrected chi connectivity index (χ3v) is 4.96. The lowest BCUT2D eigenvalue weighted by atomic mass is 9.82. The average Bonchev–Trinajstić information content (AvgIpc) is 3.27. The monoisotopic (exact) mass is 265 g/mol. The van der Waals surface area contributed by atoms with Crippen molar-refractivity contribution in [2.45, 2.75) is 63.8 Å². The molecule has 3 aliphatic rings. The van der Waals surface area contributed by atoms with Crippen LogP contribution in [0.3, 0.4) is 0 Å². The normalized spacial score (nSPS) is 25.3. The number of carbonyl (C=O) groups is 2. The maximum atomic E-state index is 12.5. The molecule has 0 radical (unpaired) electrons. The minimum Gasteiger partial charge on any atom is -0.481 e. The van der Waals surface area contributed by atoms with Crippen LogP contribution in [-0.2, 0) is 9.59 Å². The first-order chi connectivity index (χ1) is 9.11. The topological polar surface area (TPSA) is 57.6 Å². The fraction of sp³-hybridized carbons (Fsp3) is 0.867. The summed E-state index contributed by atoms with van der Waals surface area (Å²) in [5.41, 5.74) is -0.756. The van der Waals surface area contributed by atoms with E-state index in [9.17, 15) is 14.7 Å². The lowest BCUT2D eigenvalue weighted by Crippen LogP contribution is -2.40. The van der Waals surface area contributed by atoms with E-state index in [1.54, 1.807) is 0 Å². The molecule has 0 atom stereocenters. The Morgan fingerprint density at radius 3 is 2.21 bits per heavy atom. The highest BCUT2D eigenvalue weighted by molar-refractivity contribution is 5.85. The Hall–Kier alpha value is -1.06. The highest BCUT2D eigenvalue weighted by Crippen LogP contribution is 2.43. The Morgan fingerprint density at radius 1 is 1.11 bits per heavy atom. The number of nitrogens with zero attached hydrogens (tertiary/aromatic N) is 1. The molecule has 3 aliphatic carbocycles. The Bertz CT molecular complexity index is 379. The first-order valence-corrected chi connectivity index (χ1v) is 7.64. The van der Waals surface area contributed by atoms with Gasteiger partial charge >= 0.3 is 5.97 Å². The van der Waals surface area contributed by atoms with Gasteiger partial charge in [0.25, 0.3) is 0 Å². The molecule has 1 amide bonds. The maximum absolute atomic E-state index is 12.5. The second-order valence-electron chi connectivity index (χ2n) is 6.69. The van der Waals surface area contributed by atoms with Crippen molar-refractivity contribution >= 4 is 11.9 Å². The lowest BCUT2D eigenvalue weighted by Gasteiger charge is -2.28. The molecule has 0 heterocycles. The van der Waals surface area contributed by atoms with Crippen LogP contribution in [0.4, 0.5) is 0 Å². The van der Waals surface area contributed by atoms with Crippen LogP contribution >= 0.6 is 0 Å². The molecule has 0 spiro atoms. The molecular formula is C15H23NO3. The Morgan fingerprint density at radius 2 is 1.74 bits per heavy atom. The Kier molecular flexibility index (Phi) is 3.27. The molecule has 0 unspecified atom stereocenters. The smallest absolute Gasteiger partial charge is 0.310 e. The summed E-state index contributed by atoms with van der Waals surface area (Å²) in [6, 6.07) is 0.417. The summed E-state index contributed by atoms with van der Waals surface area (Å²) >= 11 is 0. The standard InChI is InChI=1S/C15H23NO3/c17-13(9-15(14(18)19)7-1-2-8-15)16(12-5-6-12)10-11-3-4-11/h11-12H,1-10H2,(H,18,19). The van der Waals surface area contributed by atoms with Crippen molar-refractivity contribution in [2.75, 3.05) is 6.54 Å². The van der Waals surface area contributed by atoms with Crippen LogP contribution in [0.2, 0.25) is 0 Å². The van der Waals surface area contributed by atoms with E-state index in [-0.39, 0.29) is 12.3 Å². The fourth-order valence-corrected chi connectivity index (χ4v) is 3.33. The van der Waals surface area contributed by atoms with E-state index in [0.717, 1.165) is 32.2 Å². The zero-order valence-corrected chi connectivity index (χ0v) is 11.4. The molecular weight excluding hydrogens is 242 g/mol. The van der Waals surface area contributed by atoms with Crippen molar-refractivity contribution in [1.82, 2.24) is 4.90 Å². The first kappa shape index (κ1) is 12.9. The number of rotatable bonds is 6. The van der Waals surface area contributed by atoms with E-state index in [0.29, 0.717) is 24.8 Å². The Balaban J connectivity index is 1.65. The third-order valence-electron chi connectivity index (χ3n) is 4.96. The predicted octanol–water partition coefficient (Wildman–Crippen LogP) is 2.42. The van der Waals surface area contributed by atoms with Gasteiger partial charge in [-0.25, -0.2) is 0 Å². The molecule has 4 heteroatoms. The van der Waals surface area contributed by atoms with Crippen LogP contribution in [0.25, 0.3) is 0 Å². The van der Waals surface area contributed by atoms with Crippen LogP contribution in [0.5, 0.6) is 0 Å². The zero-order chi connectivity index (χ0) is 13.5. The van der Waals surface area contributed by atoms with E-state index < -0.39 is 11.4 Å². The quantitative estimate of drug-likeness (QED) is 0.802. The molecule has 106 valence electrons. The van der Waals surface area contributed by atoms with Gasteiger partial charge in [0.15, 0.2) is 0 Å². The highest BCUT2D eigenvalue weighted by atomic mass is 16.4. The van der Waals surface area contributed by atoms with Crippen LogP contribution in [0.15, 0.2) is 0 Å². The minimum absolute atomic E-state index is 0.0960. The molecule has 0 saturated heterocycles. The summed E-state index contributed by atoms with van der Waals surface area (Å²) in [6.45, 7) is 0.874. The van der Waals surface area contributed by atoms with E-state index in [2.05, 4.69) is 0 Å². The van der Waals surface area contributed by atoms with Crippen molar-refractivity contribution in [3.05, 3.63) is 0 Å². The van der Waals surface area contributed by atoms with Crippen LogP contribution in [0, 0.1) is 11.3 Å². The molecule has 19 heavy (non-hydrogen) atoms. The summed E-state index contributed by atoms with van der Waals surface area (Å²) in [5.74, 6) is 0.0214. The van der Waals surface area contributed by atoms with Crippen molar-refractivity contribution in [1.29, 1.82) is 0 Å². The summed E-state index contributed by atoms with van der Waals surface area (Å²) < 4.78 is 0. The molecule has 3 saturated carbocycles. The van der Waals surface area contributed by atoms with Crippen molar-refractivity contribution in [2.24, 2.45) is 11.3 Å². The molecule has 0 aromatic heterocycles. The minimum atomic E-state index is -0.763. The summed E-state index contributed by atoms with van der Waals surface area (Å²) in [5, 5.41) is 9.47. The van der Waals surface area contributed by atoms with E-state index in [4.69, 9.17) is 0 Å². The van der Waals surface area contributed by atoms with Crippen molar-refractivity contribution in [3.63, 3.8) is 0 Å². The molecule has 4 nitrogen and oxygen atoms in total. The van der Waals surface area contributed by atoms with E-state index in [1.165, 1.54) is 12.8 Å². The van der Waals surface area contributed by atoms with E-state index >= 15 is 0 Å². The molecule has 1 N–H and O–H groups in total. The average molecular weight is 265 g/mol. The highest BCUT2D eigenvalue weighted by Gasteiger charge is 2.46. The van der Waals surface area contributed by atoms with Gasteiger partial charge < -0.3 is 10.0 Å². The zero-order valence-electron chi connectivity index (χ0n) is 11.4. The van der Waals surface area contributed by atoms with Gasteiger partial charge in [0.1, 0.15) is 0 Å². The molecule has 0 aromatic rings. The number of amides is 1. The van der Waals surface area contributed by atoms with Crippen LogP contribution < -0.4 is 0 Å². The molecule has 3 fully saturated rings. The molecule has 0 aliphatic heterocycles. The predicted molar refractivity (Wildman–Crippen MR) is 70.6 cm³/mol. The van der Waals surface area contributed by atoms with Gasteiger partial charge in [-0.05, 0) is 44.4 Å². The Labute approximate surface area is 114 Å². The van der Waals surface area contributed by atoms with Gasteiger partial charge in [-0.2, -0.15) is 0 Å². The number of aliphatic carboxylic acids is 1. The SMILES string of the molecule is O=C(CC1(C(=O)O)CCCC1)N(CC1CC1)C1CC1. The first-order valence-electron chi connectivity index (χ1n) is 7.64. The van der Waals surface area contributed by atoms with Crippen LogP contribution in [0.1, 0.15) is 57.8 Å². The van der Waals surface area contributed by atoms with Gasteiger partial charge in [-0.3, -0.25) is 9.59 Å². The number of carboxylic acids is 1. The number of hydrogen-bond acceptors (Lipinski definition) is 2. The van der Waals surface area contributed by atoms with Gasteiger partial charge in [-0.15, -0.1) is 0 Å². The number of carbonyl (C=O) groups excluding carboxylic acids is 1.